The molecular weight excluding hydrogens is 414 g/mol. The molecular formula is C17H27BrF2N2O2S. The van der Waals surface area contributed by atoms with Gasteiger partial charge in [-0.3, -0.25) is 0 Å². The maximum Gasteiger partial charge on any atom is 0.246 e. The molecule has 0 saturated carbocycles. The van der Waals surface area contributed by atoms with Crippen LogP contribution in [0.15, 0.2) is 21.5 Å². The summed E-state index contributed by atoms with van der Waals surface area (Å²) in [5.74, 6) is -1.22. The van der Waals surface area contributed by atoms with E-state index in [2.05, 4.69) is 35.1 Å². The van der Waals surface area contributed by atoms with Crippen molar-refractivity contribution in [1.82, 2.24) is 9.62 Å². The van der Waals surface area contributed by atoms with E-state index in [9.17, 15) is 17.2 Å². The van der Waals surface area contributed by atoms with Gasteiger partial charge in [-0.2, -0.15) is 4.31 Å². The molecule has 144 valence electrons. The van der Waals surface area contributed by atoms with Crippen molar-refractivity contribution in [3.8, 4) is 0 Å². The molecule has 0 fully saturated rings. The zero-order valence-electron chi connectivity index (χ0n) is 15.3. The SMILES string of the molecule is CC(C)CNC[C@@H](CC(C)C)N(C)S(=O)(=O)c1cc(Br)c(F)cc1F. The molecule has 0 heterocycles. The summed E-state index contributed by atoms with van der Waals surface area (Å²) in [4.78, 5) is -0.527. The van der Waals surface area contributed by atoms with E-state index in [1.165, 1.54) is 11.4 Å². The first-order valence-electron chi connectivity index (χ1n) is 8.30. The maximum atomic E-state index is 14.1. The molecule has 4 nitrogen and oxygen atoms in total. The van der Waals surface area contributed by atoms with Gasteiger partial charge in [0.1, 0.15) is 16.5 Å². The molecule has 1 rings (SSSR count). The fourth-order valence-electron chi connectivity index (χ4n) is 2.50. The number of sulfonamides is 1. The van der Waals surface area contributed by atoms with Gasteiger partial charge in [0, 0.05) is 25.7 Å². The number of hydrogen-bond donors (Lipinski definition) is 1. The highest BCUT2D eigenvalue weighted by molar-refractivity contribution is 9.10. The number of nitrogens with one attached hydrogen (secondary N) is 1. The van der Waals surface area contributed by atoms with Gasteiger partial charge in [0.2, 0.25) is 10.0 Å². The third kappa shape index (κ3) is 6.27. The molecule has 0 spiro atoms. The van der Waals surface area contributed by atoms with Crippen molar-refractivity contribution in [2.24, 2.45) is 11.8 Å². The van der Waals surface area contributed by atoms with Gasteiger partial charge < -0.3 is 5.32 Å². The molecule has 0 bridgehead atoms. The number of rotatable bonds is 9. The van der Waals surface area contributed by atoms with Crippen molar-refractivity contribution in [2.45, 2.75) is 45.1 Å². The lowest BCUT2D eigenvalue weighted by atomic mass is 10.0. The lowest BCUT2D eigenvalue weighted by Crippen LogP contribution is -2.45. The number of halogens is 3. The first-order valence-corrected chi connectivity index (χ1v) is 10.5. The third-order valence-corrected chi connectivity index (χ3v) is 6.35. The largest absolute Gasteiger partial charge is 0.315 e. The van der Waals surface area contributed by atoms with Crippen LogP contribution in [0.2, 0.25) is 0 Å². The van der Waals surface area contributed by atoms with Gasteiger partial charge in [-0.1, -0.05) is 27.7 Å². The lowest BCUT2D eigenvalue weighted by Gasteiger charge is -2.29. The lowest BCUT2D eigenvalue weighted by molar-refractivity contribution is 0.301. The fourth-order valence-corrected chi connectivity index (χ4v) is 4.43. The molecule has 25 heavy (non-hydrogen) atoms. The molecule has 0 aliphatic rings. The standard InChI is InChI=1S/C17H27BrF2N2O2S/c1-11(2)6-13(10-21-9-12(3)4)22(5)25(23,24)17-7-14(18)15(19)8-16(17)20/h7-8,11-13,21H,6,9-10H2,1-5H3/t13-/m1/s1. The average Bonchev–Trinajstić information content (AvgIpc) is 2.48. The highest BCUT2D eigenvalue weighted by Gasteiger charge is 2.31. The minimum Gasteiger partial charge on any atom is -0.315 e. The van der Waals surface area contributed by atoms with Crippen LogP contribution in [0.5, 0.6) is 0 Å². The Morgan fingerprint density at radius 1 is 1.08 bits per heavy atom. The van der Waals surface area contributed by atoms with Gasteiger partial charge in [0.25, 0.3) is 0 Å². The highest BCUT2D eigenvalue weighted by Crippen LogP contribution is 2.27. The van der Waals surface area contributed by atoms with E-state index in [0.717, 1.165) is 12.6 Å². The zero-order chi connectivity index (χ0) is 19.4. The fraction of sp³-hybridized carbons (Fsp3) is 0.647. The molecule has 0 radical (unpaired) electrons. The van der Waals surface area contributed by atoms with E-state index >= 15 is 0 Å². The van der Waals surface area contributed by atoms with Crippen molar-refractivity contribution in [2.75, 3.05) is 20.1 Å². The molecule has 1 N–H and O–H groups in total. The van der Waals surface area contributed by atoms with E-state index in [1.807, 2.05) is 13.8 Å². The quantitative estimate of drug-likeness (QED) is 0.590. The minimum atomic E-state index is -4.08. The number of nitrogens with zero attached hydrogens (tertiary/aromatic N) is 1. The van der Waals surface area contributed by atoms with E-state index in [0.29, 0.717) is 24.9 Å². The molecule has 0 amide bonds. The minimum absolute atomic E-state index is 0.0841. The monoisotopic (exact) mass is 440 g/mol. The summed E-state index contributed by atoms with van der Waals surface area (Å²) in [6.45, 7) is 9.37. The molecule has 1 aromatic rings. The Morgan fingerprint density at radius 3 is 2.20 bits per heavy atom. The molecule has 0 saturated heterocycles. The first kappa shape index (κ1) is 22.5. The van der Waals surface area contributed by atoms with E-state index in [1.54, 1.807) is 0 Å². The Kier molecular flexibility index (Phi) is 8.44. The van der Waals surface area contributed by atoms with Crippen LogP contribution in [0.1, 0.15) is 34.1 Å². The maximum absolute atomic E-state index is 14.1. The summed E-state index contributed by atoms with van der Waals surface area (Å²) in [5.41, 5.74) is 0. The summed E-state index contributed by atoms with van der Waals surface area (Å²) in [6.07, 6.45) is 0.630. The molecule has 0 aliphatic carbocycles. The molecule has 0 aliphatic heterocycles. The third-order valence-electron chi connectivity index (χ3n) is 3.82. The van der Waals surface area contributed by atoms with Crippen LogP contribution in [0, 0.1) is 23.5 Å². The summed E-state index contributed by atoms with van der Waals surface area (Å²) in [5, 5.41) is 3.26. The van der Waals surface area contributed by atoms with Crippen LogP contribution in [0.25, 0.3) is 0 Å². The van der Waals surface area contributed by atoms with Crippen molar-refractivity contribution in [3.05, 3.63) is 28.2 Å². The second kappa shape index (κ2) is 9.39. The Hall–Kier alpha value is -0.570. The second-order valence-electron chi connectivity index (χ2n) is 7.05. The van der Waals surface area contributed by atoms with Crippen LogP contribution in [0.4, 0.5) is 8.78 Å². The van der Waals surface area contributed by atoms with Crippen LogP contribution in [0.3, 0.4) is 0 Å². The normalized spacial score (nSPS) is 13.9. The summed E-state index contributed by atoms with van der Waals surface area (Å²) >= 11 is 2.92. The van der Waals surface area contributed by atoms with Crippen LogP contribution < -0.4 is 5.32 Å². The zero-order valence-corrected chi connectivity index (χ0v) is 17.7. The summed E-state index contributed by atoms with van der Waals surface area (Å²) in [7, 11) is -2.64. The number of benzene rings is 1. The van der Waals surface area contributed by atoms with Gasteiger partial charge >= 0.3 is 0 Å². The van der Waals surface area contributed by atoms with Crippen LogP contribution in [-0.2, 0) is 10.0 Å². The van der Waals surface area contributed by atoms with Gasteiger partial charge in [-0.05, 0) is 46.8 Å². The Bertz CT molecular complexity index is 681. The van der Waals surface area contributed by atoms with Crippen LogP contribution >= 0.6 is 15.9 Å². The van der Waals surface area contributed by atoms with E-state index < -0.39 is 26.6 Å². The number of hydrogen-bond acceptors (Lipinski definition) is 3. The second-order valence-corrected chi connectivity index (χ2v) is 9.87. The van der Waals surface area contributed by atoms with Gasteiger partial charge in [-0.25, -0.2) is 17.2 Å². The van der Waals surface area contributed by atoms with Gasteiger partial charge in [0.05, 0.1) is 4.47 Å². The Labute approximate surface area is 158 Å². The predicted molar refractivity (Wildman–Crippen MR) is 100.0 cm³/mol. The first-order chi connectivity index (χ1) is 11.5. The molecule has 1 atom stereocenters. The van der Waals surface area contributed by atoms with Crippen molar-refractivity contribution in [1.29, 1.82) is 0 Å². The summed E-state index contributed by atoms with van der Waals surface area (Å²) in [6, 6.07) is 1.23. The average molecular weight is 441 g/mol. The predicted octanol–water partition coefficient (Wildman–Crippen LogP) is 4.01. The van der Waals surface area contributed by atoms with E-state index in [-0.39, 0.29) is 16.4 Å². The smallest absolute Gasteiger partial charge is 0.246 e. The molecule has 1 aromatic carbocycles. The topological polar surface area (TPSA) is 49.4 Å². The van der Waals surface area contributed by atoms with E-state index in [4.69, 9.17) is 0 Å². The van der Waals surface area contributed by atoms with Crippen LogP contribution in [-0.4, -0.2) is 38.9 Å². The Balaban J connectivity index is 3.12. The molecule has 0 aromatic heterocycles. The van der Waals surface area contributed by atoms with Crippen molar-refractivity contribution in [3.63, 3.8) is 0 Å². The Morgan fingerprint density at radius 2 is 1.68 bits per heavy atom. The summed E-state index contributed by atoms with van der Waals surface area (Å²) < 4.78 is 54.3. The van der Waals surface area contributed by atoms with Gasteiger partial charge in [-0.15, -0.1) is 0 Å². The highest BCUT2D eigenvalue weighted by atomic mass is 79.9. The van der Waals surface area contributed by atoms with Gasteiger partial charge in [0.15, 0.2) is 0 Å². The molecule has 0 unspecified atom stereocenters. The molecule has 8 heteroatoms. The van der Waals surface area contributed by atoms with Crippen molar-refractivity contribution < 1.29 is 17.2 Å². The van der Waals surface area contributed by atoms with Crippen molar-refractivity contribution >= 4 is 26.0 Å². The number of likely N-dealkylation sites (N-methyl/N-ethyl adjacent to an activating group) is 1.